The van der Waals surface area contributed by atoms with Crippen LogP contribution in [-0.4, -0.2) is 75.7 Å². The Balaban J connectivity index is 1.49. The normalized spacial score (nSPS) is 22.0. The first-order valence-corrected chi connectivity index (χ1v) is 13.5. The molecule has 11 heteroatoms. The lowest BCUT2D eigenvalue weighted by molar-refractivity contribution is 0.384. The molecule has 2 aliphatic heterocycles. The third kappa shape index (κ3) is 4.18. The SMILES string of the molecule is COc1ccc(S(=O)(=O)N2CCN(c3c(C)nn(C4CCS(=O)(=O)C4)c3C)CC2)cc1. The predicted molar refractivity (Wildman–Crippen MR) is 118 cm³/mol. The van der Waals surface area contributed by atoms with Gasteiger partial charge in [0.2, 0.25) is 10.0 Å². The summed E-state index contributed by atoms with van der Waals surface area (Å²) in [6.07, 6.45) is 0.581. The van der Waals surface area contributed by atoms with Gasteiger partial charge in [-0.05, 0) is 44.5 Å². The van der Waals surface area contributed by atoms with Crippen LogP contribution in [0.3, 0.4) is 0 Å². The van der Waals surface area contributed by atoms with Gasteiger partial charge in [0.05, 0.1) is 46.6 Å². The molecule has 0 bridgehead atoms. The molecule has 2 saturated heterocycles. The number of piperazine rings is 1. The molecule has 2 aliphatic rings. The van der Waals surface area contributed by atoms with E-state index in [2.05, 4.69) is 10.00 Å². The number of rotatable bonds is 5. The zero-order valence-corrected chi connectivity index (χ0v) is 19.6. The monoisotopic (exact) mass is 468 g/mol. The van der Waals surface area contributed by atoms with Gasteiger partial charge in [0.15, 0.2) is 9.84 Å². The first kappa shape index (κ1) is 22.1. The fraction of sp³-hybridized carbons (Fsp3) is 0.550. The van der Waals surface area contributed by atoms with E-state index in [0.717, 1.165) is 17.1 Å². The molecule has 0 saturated carbocycles. The van der Waals surface area contributed by atoms with Crippen molar-refractivity contribution in [3.8, 4) is 5.75 Å². The Bertz CT molecular complexity index is 1160. The average Bonchev–Trinajstić information content (AvgIpc) is 3.26. The van der Waals surface area contributed by atoms with Gasteiger partial charge < -0.3 is 9.64 Å². The third-order valence-electron chi connectivity index (χ3n) is 6.09. The Kier molecular flexibility index (Phi) is 5.78. The van der Waals surface area contributed by atoms with E-state index in [1.165, 1.54) is 4.31 Å². The standard InChI is InChI=1S/C20H28N4O5S2/c1-15-20(16(2)24(21-15)17-8-13-30(25,26)14-17)22-9-11-23(12-10-22)31(27,28)19-6-4-18(29-3)5-7-19/h4-7,17H,8-14H2,1-3H3. The second kappa shape index (κ2) is 8.10. The van der Waals surface area contributed by atoms with Crippen molar-refractivity contribution in [1.29, 1.82) is 0 Å². The van der Waals surface area contributed by atoms with E-state index in [-0.39, 0.29) is 22.4 Å². The van der Waals surface area contributed by atoms with Crippen LogP contribution in [0.4, 0.5) is 5.69 Å². The number of sulfone groups is 1. The summed E-state index contributed by atoms with van der Waals surface area (Å²) in [6, 6.07) is 6.29. The molecular weight excluding hydrogens is 440 g/mol. The Hall–Kier alpha value is -2.11. The molecule has 2 fully saturated rings. The van der Waals surface area contributed by atoms with Gasteiger partial charge in [-0.3, -0.25) is 4.68 Å². The Morgan fingerprint density at radius 1 is 1.06 bits per heavy atom. The number of aryl methyl sites for hydroxylation is 1. The highest BCUT2D eigenvalue weighted by molar-refractivity contribution is 7.91. The summed E-state index contributed by atoms with van der Waals surface area (Å²) in [6.45, 7) is 5.72. The van der Waals surface area contributed by atoms with Crippen molar-refractivity contribution in [2.45, 2.75) is 31.2 Å². The molecule has 170 valence electrons. The first-order chi connectivity index (χ1) is 14.6. The minimum absolute atomic E-state index is 0.127. The number of nitrogens with zero attached hydrogens (tertiary/aromatic N) is 4. The maximum absolute atomic E-state index is 13.0. The zero-order valence-electron chi connectivity index (χ0n) is 18.0. The molecule has 0 amide bonds. The third-order valence-corrected chi connectivity index (χ3v) is 9.76. The molecule has 9 nitrogen and oxygen atoms in total. The molecule has 0 N–H and O–H groups in total. The number of sulfonamides is 1. The van der Waals surface area contributed by atoms with Crippen molar-refractivity contribution >= 4 is 25.5 Å². The average molecular weight is 469 g/mol. The van der Waals surface area contributed by atoms with Crippen LogP contribution in [0.1, 0.15) is 23.9 Å². The van der Waals surface area contributed by atoms with Crippen molar-refractivity contribution in [3.63, 3.8) is 0 Å². The van der Waals surface area contributed by atoms with Gasteiger partial charge in [0.25, 0.3) is 0 Å². The minimum Gasteiger partial charge on any atom is -0.497 e. The molecule has 3 heterocycles. The summed E-state index contributed by atoms with van der Waals surface area (Å²) in [5.41, 5.74) is 2.75. The van der Waals surface area contributed by atoms with Crippen LogP contribution in [0.15, 0.2) is 29.2 Å². The van der Waals surface area contributed by atoms with Crippen molar-refractivity contribution in [2.75, 3.05) is 49.7 Å². The number of hydrogen-bond donors (Lipinski definition) is 0. The van der Waals surface area contributed by atoms with E-state index in [4.69, 9.17) is 4.74 Å². The zero-order chi connectivity index (χ0) is 22.4. The van der Waals surface area contributed by atoms with Gasteiger partial charge in [-0.15, -0.1) is 0 Å². The van der Waals surface area contributed by atoms with Crippen molar-refractivity contribution in [2.24, 2.45) is 0 Å². The number of ether oxygens (including phenoxy) is 1. The van der Waals surface area contributed by atoms with Crippen molar-refractivity contribution < 1.29 is 21.6 Å². The molecule has 31 heavy (non-hydrogen) atoms. The lowest BCUT2D eigenvalue weighted by Gasteiger charge is -2.35. The highest BCUT2D eigenvalue weighted by atomic mass is 32.2. The van der Waals surface area contributed by atoms with Crippen LogP contribution in [0.2, 0.25) is 0 Å². The lowest BCUT2D eigenvalue weighted by Crippen LogP contribution is -2.49. The number of hydrogen-bond acceptors (Lipinski definition) is 7. The highest BCUT2D eigenvalue weighted by Crippen LogP contribution is 2.32. The summed E-state index contributed by atoms with van der Waals surface area (Å²) in [7, 11) is -5.03. The molecule has 1 aromatic carbocycles. The van der Waals surface area contributed by atoms with E-state index < -0.39 is 19.9 Å². The summed E-state index contributed by atoms with van der Waals surface area (Å²) < 4.78 is 58.2. The van der Waals surface area contributed by atoms with Gasteiger partial charge >= 0.3 is 0 Å². The second-order valence-electron chi connectivity index (χ2n) is 8.09. The Morgan fingerprint density at radius 2 is 1.71 bits per heavy atom. The van der Waals surface area contributed by atoms with Crippen molar-refractivity contribution in [3.05, 3.63) is 35.7 Å². The van der Waals surface area contributed by atoms with E-state index in [9.17, 15) is 16.8 Å². The number of benzene rings is 1. The van der Waals surface area contributed by atoms with Gasteiger partial charge in [-0.25, -0.2) is 16.8 Å². The molecule has 0 aliphatic carbocycles. The van der Waals surface area contributed by atoms with Crippen LogP contribution in [-0.2, 0) is 19.9 Å². The molecule has 1 atom stereocenters. The molecule has 0 radical (unpaired) electrons. The topological polar surface area (TPSA) is 102 Å². The summed E-state index contributed by atoms with van der Waals surface area (Å²) >= 11 is 0. The second-order valence-corrected chi connectivity index (χ2v) is 12.3. The summed E-state index contributed by atoms with van der Waals surface area (Å²) in [4.78, 5) is 2.40. The van der Waals surface area contributed by atoms with E-state index in [1.807, 2.05) is 18.5 Å². The highest BCUT2D eigenvalue weighted by Gasteiger charge is 2.34. The molecule has 1 unspecified atom stereocenters. The predicted octanol–water partition coefficient (Wildman–Crippen LogP) is 1.38. The fourth-order valence-corrected chi connectivity index (χ4v) is 7.60. The van der Waals surface area contributed by atoms with Gasteiger partial charge in [0, 0.05) is 26.2 Å². The Morgan fingerprint density at radius 3 is 2.26 bits per heavy atom. The lowest BCUT2D eigenvalue weighted by atomic mass is 10.2. The van der Waals surface area contributed by atoms with Crippen LogP contribution < -0.4 is 9.64 Å². The van der Waals surface area contributed by atoms with Gasteiger partial charge in [0.1, 0.15) is 5.75 Å². The van der Waals surface area contributed by atoms with E-state index >= 15 is 0 Å². The Labute approximate surface area is 183 Å². The molecule has 4 rings (SSSR count). The van der Waals surface area contributed by atoms with Crippen LogP contribution >= 0.6 is 0 Å². The maximum Gasteiger partial charge on any atom is 0.243 e. The number of methoxy groups -OCH3 is 1. The van der Waals surface area contributed by atoms with Crippen LogP contribution in [0, 0.1) is 13.8 Å². The first-order valence-electron chi connectivity index (χ1n) is 10.3. The van der Waals surface area contributed by atoms with Crippen LogP contribution in [0.5, 0.6) is 5.75 Å². The number of aromatic nitrogens is 2. The number of anilines is 1. The molecule has 1 aromatic heterocycles. The van der Waals surface area contributed by atoms with Crippen molar-refractivity contribution in [1.82, 2.24) is 14.1 Å². The molecule has 0 spiro atoms. The molecular formula is C20H28N4O5S2. The van der Waals surface area contributed by atoms with E-state index in [0.29, 0.717) is 38.3 Å². The maximum atomic E-state index is 13.0. The fourth-order valence-electron chi connectivity index (χ4n) is 4.48. The van der Waals surface area contributed by atoms with E-state index in [1.54, 1.807) is 31.4 Å². The summed E-state index contributed by atoms with van der Waals surface area (Å²) in [5, 5.41) is 4.63. The molecule has 2 aromatic rings. The van der Waals surface area contributed by atoms with Gasteiger partial charge in [-0.1, -0.05) is 0 Å². The van der Waals surface area contributed by atoms with Crippen LogP contribution in [0.25, 0.3) is 0 Å². The largest absolute Gasteiger partial charge is 0.497 e. The smallest absolute Gasteiger partial charge is 0.243 e. The minimum atomic E-state index is -3.57. The summed E-state index contributed by atoms with van der Waals surface area (Å²) in [5.74, 6) is 0.942. The quantitative estimate of drug-likeness (QED) is 0.653. The van der Waals surface area contributed by atoms with Gasteiger partial charge in [-0.2, -0.15) is 9.40 Å².